The molecule has 3 aromatic rings. The Morgan fingerprint density at radius 3 is 2.61 bits per heavy atom. The number of nitrogens with zero attached hydrogens (tertiary/aromatic N) is 2. The Bertz CT molecular complexity index is 1040. The summed E-state index contributed by atoms with van der Waals surface area (Å²) in [5, 5.41) is 2.90. The molecule has 1 aliphatic rings. The number of hydrogen-bond donors (Lipinski definition) is 1. The van der Waals surface area contributed by atoms with Gasteiger partial charge in [-0.1, -0.05) is 48.5 Å². The fourth-order valence-electron chi connectivity index (χ4n) is 4.75. The summed E-state index contributed by atoms with van der Waals surface area (Å²) in [7, 11) is 1.70. The van der Waals surface area contributed by atoms with Crippen molar-refractivity contribution in [1.29, 1.82) is 0 Å². The van der Waals surface area contributed by atoms with Crippen LogP contribution in [0.3, 0.4) is 0 Å². The Morgan fingerprint density at radius 1 is 1.10 bits per heavy atom. The van der Waals surface area contributed by atoms with Crippen molar-refractivity contribution < 1.29 is 9.18 Å². The molecule has 1 N–H and O–H groups in total. The summed E-state index contributed by atoms with van der Waals surface area (Å²) in [6.45, 7) is 1.97. The minimum atomic E-state index is -0.559. The summed E-state index contributed by atoms with van der Waals surface area (Å²) in [4.78, 5) is 19.7. The molecule has 4 rings (SSSR count). The molecule has 1 amide bonds. The number of pyridine rings is 1. The Hall–Kier alpha value is -3.05. The summed E-state index contributed by atoms with van der Waals surface area (Å²) < 4.78 is 14.2. The van der Waals surface area contributed by atoms with Gasteiger partial charge in [-0.2, -0.15) is 0 Å². The molecule has 0 bridgehead atoms. The van der Waals surface area contributed by atoms with Crippen molar-refractivity contribution in [2.45, 2.75) is 25.8 Å². The molecule has 1 aromatic heterocycles. The lowest BCUT2D eigenvalue weighted by Gasteiger charge is -2.42. The van der Waals surface area contributed by atoms with Crippen LogP contribution in [0.2, 0.25) is 0 Å². The first-order valence-corrected chi connectivity index (χ1v) is 10.8. The third-order valence-electron chi connectivity index (χ3n) is 6.24. The quantitative estimate of drug-likeness (QED) is 0.644. The van der Waals surface area contributed by atoms with E-state index in [1.807, 2.05) is 42.6 Å². The lowest BCUT2D eigenvalue weighted by Crippen LogP contribution is -2.52. The zero-order valence-corrected chi connectivity index (χ0v) is 17.9. The van der Waals surface area contributed by atoms with Crippen LogP contribution >= 0.6 is 0 Å². The number of hydrogen-bond acceptors (Lipinski definition) is 3. The number of rotatable bonds is 6. The fraction of sp³-hybridized carbons (Fsp3) is 0.308. The van der Waals surface area contributed by atoms with Crippen LogP contribution in [0.5, 0.6) is 0 Å². The van der Waals surface area contributed by atoms with Crippen molar-refractivity contribution in [2.24, 2.45) is 5.41 Å². The maximum Gasteiger partial charge on any atom is 0.227 e. The zero-order chi connectivity index (χ0) is 21.7. The maximum atomic E-state index is 14.2. The van der Waals surface area contributed by atoms with Crippen molar-refractivity contribution in [1.82, 2.24) is 15.2 Å². The van der Waals surface area contributed by atoms with E-state index in [2.05, 4.69) is 27.3 Å². The monoisotopic (exact) mass is 417 g/mol. The van der Waals surface area contributed by atoms with Crippen molar-refractivity contribution in [3.8, 4) is 11.1 Å². The second-order valence-electron chi connectivity index (χ2n) is 8.34. The van der Waals surface area contributed by atoms with E-state index in [-0.39, 0.29) is 11.7 Å². The van der Waals surface area contributed by atoms with Crippen LogP contribution < -0.4 is 5.32 Å². The highest BCUT2D eigenvalue weighted by Gasteiger charge is 2.42. The molecule has 1 fully saturated rings. The van der Waals surface area contributed by atoms with Gasteiger partial charge in [0.1, 0.15) is 5.82 Å². The molecule has 31 heavy (non-hydrogen) atoms. The molecular formula is C26H28FN3O. The Morgan fingerprint density at radius 2 is 1.87 bits per heavy atom. The average molecular weight is 418 g/mol. The first-order chi connectivity index (χ1) is 15.1. The number of amides is 1. The molecule has 2 aromatic carbocycles. The Labute approximate surface area is 183 Å². The van der Waals surface area contributed by atoms with Gasteiger partial charge in [0.05, 0.1) is 5.41 Å². The van der Waals surface area contributed by atoms with Gasteiger partial charge < -0.3 is 5.32 Å². The lowest BCUT2D eigenvalue weighted by atomic mass is 9.73. The van der Waals surface area contributed by atoms with Gasteiger partial charge in [0.2, 0.25) is 5.91 Å². The predicted molar refractivity (Wildman–Crippen MR) is 121 cm³/mol. The standard InChI is InChI=1S/C26H28FN3O/c1-28-25(31)26(13-7-15-30(19-26)18-22-9-3-5-12-24(22)27)16-20-8-2-4-11-23(20)21-10-6-14-29-17-21/h2-6,8-12,14,17H,7,13,15-16,18-19H2,1H3,(H,28,31). The fourth-order valence-corrected chi connectivity index (χ4v) is 4.75. The first-order valence-electron chi connectivity index (χ1n) is 10.8. The van der Waals surface area contributed by atoms with Gasteiger partial charge >= 0.3 is 0 Å². The molecule has 4 nitrogen and oxygen atoms in total. The van der Waals surface area contributed by atoms with Crippen LogP contribution in [-0.2, 0) is 17.8 Å². The minimum absolute atomic E-state index is 0.0479. The number of piperidine rings is 1. The third-order valence-corrected chi connectivity index (χ3v) is 6.24. The van der Waals surface area contributed by atoms with Gasteiger partial charge in [0.25, 0.3) is 0 Å². The summed E-state index contributed by atoms with van der Waals surface area (Å²) in [6, 6.07) is 19.1. The van der Waals surface area contributed by atoms with Crippen LogP contribution in [0.15, 0.2) is 73.1 Å². The maximum absolute atomic E-state index is 14.2. The van der Waals surface area contributed by atoms with Crippen LogP contribution in [-0.4, -0.2) is 35.9 Å². The van der Waals surface area contributed by atoms with Gasteiger partial charge in [-0.25, -0.2) is 4.39 Å². The first kappa shape index (κ1) is 21.2. The van der Waals surface area contributed by atoms with Crippen molar-refractivity contribution in [2.75, 3.05) is 20.1 Å². The van der Waals surface area contributed by atoms with Crippen molar-refractivity contribution in [3.05, 3.63) is 90.0 Å². The van der Waals surface area contributed by atoms with E-state index in [0.717, 1.165) is 36.1 Å². The van der Waals surface area contributed by atoms with Crippen LogP contribution in [0.4, 0.5) is 4.39 Å². The molecule has 0 aliphatic carbocycles. The van der Waals surface area contributed by atoms with Crippen LogP contribution in [0.25, 0.3) is 11.1 Å². The van der Waals surface area contributed by atoms with Gasteiger partial charge in [-0.3, -0.25) is 14.7 Å². The smallest absolute Gasteiger partial charge is 0.227 e. The van der Waals surface area contributed by atoms with E-state index in [0.29, 0.717) is 25.1 Å². The van der Waals surface area contributed by atoms with E-state index in [4.69, 9.17) is 0 Å². The Kier molecular flexibility index (Phi) is 6.42. The second-order valence-corrected chi connectivity index (χ2v) is 8.34. The van der Waals surface area contributed by atoms with Crippen molar-refractivity contribution in [3.63, 3.8) is 0 Å². The highest BCUT2D eigenvalue weighted by atomic mass is 19.1. The molecule has 160 valence electrons. The van der Waals surface area contributed by atoms with Gasteiger partial charge in [0.15, 0.2) is 0 Å². The van der Waals surface area contributed by atoms with E-state index < -0.39 is 5.41 Å². The van der Waals surface area contributed by atoms with Gasteiger partial charge in [0, 0.05) is 43.7 Å². The van der Waals surface area contributed by atoms with Crippen LogP contribution in [0, 0.1) is 11.2 Å². The molecular weight excluding hydrogens is 389 g/mol. The molecule has 0 radical (unpaired) electrons. The number of carbonyl (C=O) groups is 1. The zero-order valence-electron chi connectivity index (χ0n) is 17.9. The summed E-state index contributed by atoms with van der Waals surface area (Å²) in [5.74, 6) is -0.146. The number of halogens is 1. The number of carbonyl (C=O) groups excluding carboxylic acids is 1. The Balaban J connectivity index is 1.64. The summed E-state index contributed by atoms with van der Waals surface area (Å²) in [6.07, 6.45) is 5.96. The molecule has 1 saturated heterocycles. The highest BCUT2D eigenvalue weighted by molar-refractivity contribution is 5.83. The predicted octanol–water partition coefficient (Wildman–Crippen LogP) is 4.46. The summed E-state index contributed by atoms with van der Waals surface area (Å²) in [5.41, 5.74) is 3.39. The number of aromatic nitrogens is 1. The normalized spacial score (nSPS) is 19.2. The highest BCUT2D eigenvalue weighted by Crippen LogP contribution is 2.37. The summed E-state index contributed by atoms with van der Waals surface area (Å²) >= 11 is 0. The van der Waals surface area contributed by atoms with E-state index >= 15 is 0 Å². The number of benzene rings is 2. The lowest BCUT2D eigenvalue weighted by molar-refractivity contribution is -0.134. The minimum Gasteiger partial charge on any atom is -0.359 e. The van der Waals surface area contributed by atoms with Crippen LogP contribution in [0.1, 0.15) is 24.0 Å². The molecule has 1 unspecified atom stereocenters. The largest absolute Gasteiger partial charge is 0.359 e. The van der Waals surface area contributed by atoms with E-state index in [1.54, 1.807) is 19.3 Å². The molecule has 0 spiro atoms. The topological polar surface area (TPSA) is 45.2 Å². The second kappa shape index (κ2) is 9.40. The SMILES string of the molecule is CNC(=O)C1(Cc2ccccc2-c2cccnc2)CCCN(Cc2ccccc2F)C1. The van der Waals surface area contributed by atoms with Gasteiger partial charge in [-0.05, 0) is 49.1 Å². The molecule has 1 atom stereocenters. The molecule has 5 heteroatoms. The van der Waals surface area contributed by atoms with Crippen molar-refractivity contribution >= 4 is 5.91 Å². The molecule has 2 heterocycles. The molecule has 1 aliphatic heterocycles. The third kappa shape index (κ3) is 4.67. The van der Waals surface area contributed by atoms with Gasteiger partial charge in [-0.15, -0.1) is 0 Å². The average Bonchev–Trinajstić information content (AvgIpc) is 2.81. The van der Waals surface area contributed by atoms with E-state index in [9.17, 15) is 9.18 Å². The number of likely N-dealkylation sites (tertiary alicyclic amines) is 1. The molecule has 0 saturated carbocycles. The number of nitrogens with one attached hydrogen (secondary N) is 1. The van der Waals surface area contributed by atoms with E-state index in [1.165, 1.54) is 6.07 Å².